The van der Waals surface area contributed by atoms with Crippen LogP contribution in [-0.2, 0) is 14.3 Å². The number of aryl methyl sites for hydroxylation is 1. The van der Waals surface area contributed by atoms with Gasteiger partial charge in [0.2, 0.25) is 0 Å². The number of fused-ring (bicyclic) bond motifs is 1. The van der Waals surface area contributed by atoms with Gasteiger partial charge in [-0.15, -0.1) is 0 Å². The number of likely N-dealkylation sites (tertiary alicyclic amines) is 1. The topological polar surface area (TPSA) is 83.7 Å². The number of hydrogen-bond donors (Lipinski definition) is 2. The second-order valence-electron chi connectivity index (χ2n) is 11.0. The van der Waals surface area contributed by atoms with Crippen molar-refractivity contribution in [3.8, 4) is 5.75 Å². The van der Waals surface area contributed by atoms with E-state index in [4.69, 9.17) is 9.47 Å². The zero-order chi connectivity index (χ0) is 29.3. The minimum absolute atomic E-state index is 0.0219. The average molecular weight is 564 g/mol. The van der Waals surface area contributed by atoms with E-state index in [0.717, 1.165) is 17.0 Å². The molecule has 2 aromatic carbocycles. The highest BCUT2D eigenvalue weighted by molar-refractivity contribution is 6.01. The number of alkyl halides is 2. The summed E-state index contributed by atoms with van der Waals surface area (Å²) in [6.45, 7) is 3.36. The molecule has 0 saturated carbocycles. The molecule has 7 nitrogen and oxygen atoms in total. The molecule has 0 unspecified atom stereocenters. The second-order valence-corrected chi connectivity index (χ2v) is 11.0. The van der Waals surface area contributed by atoms with E-state index in [9.17, 15) is 18.4 Å². The standard InChI is InChI=1S/C23H26F2N2O4.C9H9N/c1-13-16(22(29)31-21-11-27(2)12-23(21,24)25)10-17-18(26-13)8-14(9-19(17)28)15-6-4-5-7-20(15)30-3;1-7-3-2-4-9-8(7)5-6-10-9/h4-7,14,21,26H,8-12H2,1-3H3;2-6,10H,1H3/t14-,21+;/m1./s1. The van der Waals surface area contributed by atoms with Gasteiger partial charge in [0.15, 0.2) is 11.9 Å². The minimum Gasteiger partial charge on any atom is -0.496 e. The molecule has 9 heteroatoms. The number of ketones is 1. The van der Waals surface area contributed by atoms with Crippen LogP contribution in [0.1, 0.15) is 43.2 Å². The van der Waals surface area contributed by atoms with E-state index >= 15 is 0 Å². The largest absolute Gasteiger partial charge is 0.496 e. The Morgan fingerprint density at radius 3 is 2.56 bits per heavy atom. The number of Topliss-reactive ketones (excluding diaryl/α,β-unsaturated/α-hetero) is 1. The molecule has 2 atom stereocenters. The molecule has 41 heavy (non-hydrogen) atoms. The Kier molecular flexibility index (Phi) is 8.00. The van der Waals surface area contributed by atoms with Gasteiger partial charge < -0.3 is 19.8 Å². The fourth-order valence-corrected chi connectivity index (χ4v) is 5.86. The number of hydrogen-bond acceptors (Lipinski definition) is 6. The number of H-pyrrole nitrogens is 1. The molecule has 3 heterocycles. The first-order valence-corrected chi connectivity index (χ1v) is 13.7. The number of methoxy groups -OCH3 is 1. The van der Waals surface area contributed by atoms with Crippen molar-refractivity contribution in [3.63, 3.8) is 0 Å². The van der Waals surface area contributed by atoms with E-state index in [-0.39, 0.29) is 30.2 Å². The predicted molar refractivity (Wildman–Crippen MR) is 153 cm³/mol. The Bertz CT molecular complexity index is 1540. The van der Waals surface area contributed by atoms with Crippen LogP contribution < -0.4 is 10.1 Å². The Hall–Kier alpha value is -3.98. The van der Waals surface area contributed by atoms with E-state index < -0.39 is 24.5 Å². The average Bonchev–Trinajstić information content (AvgIpc) is 3.52. The number of aromatic amines is 1. The quantitative estimate of drug-likeness (QED) is 0.401. The number of aromatic nitrogens is 1. The highest BCUT2D eigenvalue weighted by atomic mass is 19.3. The van der Waals surface area contributed by atoms with Crippen molar-refractivity contribution in [1.82, 2.24) is 15.2 Å². The third-order valence-corrected chi connectivity index (χ3v) is 8.04. The van der Waals surface area contributed by atoms with Gasteiger partial charge >= 0.3 is 5.97 Å². The van der Waals surface area contributed by atoms with Crippen LogP contribution in [0.3, 0.4) is 0 Å². The number of allylic oxidation sites excluding steroid dienone is 3. The van der Waals surface area contributed by atoms with Crippen molar-refractivity contribution in [3.05, 3.63) is 88.4 Å². The van der Waals surface area contributed by atoms with Crippen molar-refractivity contribution in [2.24, 2.45) is 0 Å². The molecule has 0 spiro atoms. The van der Waals surface area contributed by atoms with Crippen molar-refractivity contribution < 1.29 is 27.8 Å². The monoisotopic (exact) mass is 563 g/mol. The normalized spacial score (nSPS) is 22.1. The summed E-state index contributed by atoms with van der Waals surface area (Å²) in [7, 11) is 3.16. The molecule has 1 aromatic heterocycles. The summed E-state index contributed by atoms with van der Waals surface area (Å²) in [5.41, 5.74) is 5.58. The number of dihydropyridines is 1. The van der Waals surface area contributed by atoms with Gasteiger partial charge in [0, 0.05) is 59.4 Å². The third kappa shape index (κ3) is 5.91. The van der Waals surface area contributed by atoms with Crippen molar-refractivity contribution in [2.75, 3.05) is 27.2 Å². The van der Waals surface area contributed by atoms with E-state index in [1.54, 1.807) is 21.1 Å². The summed E-state index contributed by atoms with van der Waals surface area (Å²) in [4.78, 5) is 30.2. The van der Waals surface area contributed by atoms with Crippen LogP contribution in [0, 0.1) is 6.92 Å². The number of rotatable bonds is 4. The van der Waals surface area contributed by atoms with E-state index in [0.29, 0.717) is 24.1 Å². The fourth-order valence-electron chi connectivity index (χ4n) is 5.86. The third-order valence-electron chi connectivity index (χ3n) is 8.04. The van der Waals surface area contributed by atoms with Crippen molar-refractivity contribution in [1.29, 1.82) is 0 Å². The molecular formula is C32H35F2N3O4. The first-order chi connectivity index (χ1) is 19.6. The molecule has 2 N–H and O–H groups in total. The first kappa shape index (κ1) is 28.5. The SMILES string of the molecule is COc1ccccc1[C@H]1CC(=O)C2=C(C1)NC(C)=C(C(=O)O[C@H]1CN(C)CC1(F)F)C2.Cc1cccc2[nH]ccc12. The highest BCUT2D eigenvalue weighted by Crippen LogP contribution is 2.41. The van der Waals surface area contributed by atoms with Crippen LogP contribution in [0.4, 0.5) is 8.78 Å². The summed E-state index contributed by atoms with van der Waals surface area (Å²) >= 11 is 0. The number of esters is 1. The summed E-state index contributed by atoms with van der Waals surface area (Å²) in [6, 6.07) is 16.0. The molecule has 0 radical (unpaired) electrons. The summed E-state index contributed by atoms with van der Waals surface area (Å²) in [6.07, 6.45) is 1.48. The predicted octanol–water partition coefficient (Wildman–Crippen LogP) is 5.63. The minimum atomic E-state index is -3.09. The Morgan fingerprint density at radius 2 is 1.85 bits per heavy atom. The van der Waals surface area contributed by atoms with Crippen LogP contribution in [0.25, 0.3) is 10.9 Å². The van der Waals surface area contributed by atoms with Crippen LogP contribution in [-0.4, -0.2) is 60.9 Å². The molecule has 216 valence electrons. The van der Waals surface area contributed by atoms with Crippen LogP contribution in [0.2, 0.25) is 0 Å². The molecule has 0 amide bonds. The van der Waals surface area contributed by atoms with Gasteiger partial charge in [-0.25, -0.2) is 13.6 Å². The van der Waals surface area contributed by atoms with Gasteiger partial charge in [-0.1, -0.05) is 30.3 Å². The van der Waals surface area contributed by atoms with Gasteiger partial charge in [-0.3, -0.25) is 9.69 Å². The zero-order valence-corrected chi connectivity index (χ0v) is 23.7. The summed E-state index contributed by atoms with van der Waals surface area (Å²) in [5.74, 6) is -3.25. The Morgan fingerprint density at radius 1 is 1.07 bits per heavy atom. The molecule has 2 aliphatic heterocycles. The van der Waals surface area contributed by atoms with Crippen molar-refractivity contribution >= 4 is 22.7 Å². The molecule has 3 aliphatic rings. The van der Waals surface area contributed by atoms with Gasteiger partial charge in [-0.2, -0.15) is 0 Å². The Balaban J connectivity index is 0.000000282. The lowest BCUT2D eigenvalue weighted by molar-refractivity contribution is -0.159. The van der Waals surface area contributed by atoms with Crippen LogP contribution in [0.15, 0.2) is 77.3 Å². The lowest BCUT2D eigenvalue weighted by Crippen LogP contribution is -2.38. The van der Waals surface area contributed by atoms with Gasteiger partial charge in [-0.05, 0) is 56.6 Å². The molecule has 6 rings (SSSR count). The van der Waals surface area contributed by atoms with E-state index in [1.807, 2.05) is 30.5 Å². The molecule has 1 fully saturated rings. The smallest absolute Gasteiger partial charge is 0.336 e. The van der Waals surface area contributed by atoms with E-state index in [2.05, 4.69) is 41.5 Å². The van der Waals surface area contributed by atoms with Crippen molar-refractivity contribution in [2.45, 2.75) is 51.1 Å². The Labute approximate surface area is 238 Å². The number of carbonyl (C=O) groups is 2. The lowest BCUT2D eigenvalue weighted by atomic mass is 9.78. The molecular weight excluding hydrogens is 528 g/mol. The number of likely N-dealkylation sites (N-methyl/N-ethyl adjacent to an activating group) is 1. The summed E-state index contributed by atoms with van der Waals surface area (Å²) in [5, 5.41) is 4.49. The number of carbonyl (C=O) groups excluding carboxylic acids is 2. The zero-order valence-electron chi connectivity index (χ0n) is 23.7. The second kappa shape index (κ2) is 11.5. The number of nitrogens with one attached hydrogen (secondary N) is 2. The number of halogens is 2. The van der Waals surface area contributed by atoms with E-state index in [1.165, 1.54) is 21.4 Å². The number of benzene rings is 2. The maximum absolute atomic E-state index is 14.1. The number of para-hydroxylation sites is 1. The summed E-state index contributed by atoms with van der Waals surface area (Å²) < 4.78 is 38.7. The highest BCUT2D eigenvalue weighted by Gasteiger charge is 2.50. The molecule has 3 aromatic rings. The van der Waals surface area contributed by atoms with Gasteiger partial charge in [0.25, 0.3) is 5.92 Å². The molecule has 0 bridgehead atoms. The van der Waals surface area contributed by atoms with Crippen LogP contribution >= 0.6 is 0 Å². The first-order valence-electron chi connectivity index (χ1n) is 13.7. The molecule has 1 saturated heterocycles. The number of ether oxygens (including phenoxy) is 2. The number of nitrogens with zero attached hydrogens (tertiary/aromatic N) is 1. The van der Waals surface area contributed by atoms with Crippen LogP contribution in [0.5, 0.6) is 5.75 Å². The van der Waals surface area contributed by atoms with Gasteiger partial charge in [0.1, 0.15) is 5.75 Å². The molecule has 1 aliphatic carbocycles. The fraction of sp³-hybridized carbons (Fsp3) is 0.375. The van der Waals surface area contributed by atoms with Gasteiger partial charge in [0.05, 0.1) is 19.2 Å². The lowest BCUT2D eigenvalue weighted by Gasteiger charge is -2.32. The maximum Gasteiger partial charge on any atom is 0.336 e. The maximum atomic E-state index is 14.1.